The number of nitrogens with zero attached hydrogens (tertiary/aromatic N) is 1. The minimum Gasteiger partial charge on any atom is -0.385 e. The minimum atomic E-state index is -0.926. The fourth-order valence-electron chi connectivity index (χ4n) is 3.52. The van der Waals surface area contributed by atoms with Crippen molar-refractivity contribution in [1.29, 1.82) is 0 Å². The molecule has 6 heteroatoms. The number of carbonyl (C=O) groups excluding carboxylic acids is 2. The van der Waals surface area contributed by atoms with E-state index in [1.807, 2.05) is 54.6 Å². The van der Waals surface area contributed by atoms with Crippen LogP contribution in [0.15, 0.2) is 59.1 Å². The van der Waals surface area contributed by atoms with Crippen molar-refractivity contribution < 1.29 is 14.7 Å². The maximum Gasteiger partial charge on any atom is 0.245 e. The van der Waals surface area contributed by atoms with E-state index in [0.29, 0.717) is 38.8 Å². The quantitative estimate of drug-likeness (QED) is 0.691. The van der Waals surface area contributed by atoms with Crippen LogP contribution in [0.4, 0.5) is 0 Å². The molecule has 0 aromatic heterocycles. The molecule has 2 aromatic carbocycles. The molecular weight excluding hydrogens is 408 g/mol. The summed E-state index contributed by atoms with van der Waals surface area (Å²) in [5, 5.41) is 13.6. The van der Waals surface area contributed by atoms with Crippen LogP contribution in [0.3, 0.4) is 0 Å². The van der Waals surface area contributed by atoms with E-state index in [-0.39, 0.29) is 5.91 Å². The van der Waals surface area contributed by atoms with Gasteiger partial charge >= 0.3 is 0 Å². The Morgan fingerprint density at radius 3 is 2.37 bits per heavy atom. The molecule has 5 nitrogen and oxygen atoms in total. The first-order valence-corrected chi connectivity index (χ1v) is 9.82. The molecule has 0 radical (unpaired) electrons. The highest BCUT2D eigenvalue weighted by molar-refractivity contribution is 9.10. The number of halogens is 1. The highest BCUT2D eigenvalue weighted by Gasteiger charge is 2.36. The van der Waals surface area contributed by atoms with Gasteiger partial charge in [-0.2, -0.15) is 0 Å². The van der Waals surface area contributed by atoms with Crippen LogP contribution in [0, 0.1) is 0 Å². The summed E-state index contributed by atoms with van der Waals surface area (Å²) in [6.07, 6.45) is 1.97. The van der Waals surface area contributed by atoms with Gasteiger partial charge in [-0.05, 0) is 36.1 Å². The second-order valence-corrected chi connectivity index (χ2v) is 7.81. The maximum absolute atomic E-state index is 12.9. The Kier molecular flexibility index (Phi) is 6.29. The Bertz CT molecular complexity index is 772. The molecule has 1 unspecified atom stereocenters. The van der Waals surface area contributed by atoms with Crippen LogP contribution in [0.1, 0.15) is 24.0 Å². The normalized spacial score (nSPS) is 17.2. The molecule has 1 heterocycles. The van der Waals surface area contributed by atoms with Crippen molar-refractivity contribution >= 4 is 28.2 Å². The topological polar surface area (TPSA) is 69.6 Å². The molecule has 1 saturated heterocycles. The number of carbonyl (C=O) groups is 2. The molecule has 1 aliphatic heterocycles. The van der Waals surface area contributed by atoms with Gasteiger partial charge in [0.05, 0.1) is 5.60 Å². The number of amides is 2. The first-order valence-electron chi connectivity index (χ1n) is 9.03. The van der Waals surface area contributed by atoms with E-state index < -0.39 is 11.6 Å². The summed E-state index contributed by atoms with van der Waals surface area (Å²) in [5.41, 5.74) is 0.933. The Morgan fingerprint density at radius 1 is 1.15 bits per heavy atom. The average Bonchev–Trinajstić information content (AvgIpc) is 2.69. The van der Waals surface area contributed by atoms with E-state index in [9.17, 15) is 14.7 Å². The molecule has 1 aliphatic rings. The van der Waals surface area contributed by atoms with Gasteiger partial charge in [-0.25, -0.2) is 0 Å². The van der Waals surface area contributed by atoms with Crippen LogP contribution >= 0.6 is 15.9 Å². The first-order chi connectivity index (χ1) is 13.0. The van der Waals surface area contributed by atoms with Gasteiger partial charge in [-0.1, -0.05) is 58.4 Å². The summed E-state index contributed by atoms with van der Waals surface area (Å²) in [6.45, 7) is 0.911. The summed E-state index contributed by atoms with van der Waals surface area (Å²) in [4.78, 5) is 25.6. The van der Waals surface area contributed by atoms with Crippen molar-refractivity contribution in [1.82, 2.24) is 10.2 Å². The van der Waals surface area contributed by atoms with Gasteiger partial charge in [-0.3, -0.25) is 9.59 Å². The molecule has 27 heavy (non-hydrogen) atoms. The Labute approximate surface area is 167 Å². The molecule has 0 bridgehead atoms. The lowest BCUT2D eigenvalue weighted by atomic mass is 9.84. The van der Waals surface area contributed by atoms with Crippen molar-refractivity contribution in [3.05, 3.63) is 70.2 Å². The average molecular weight is 431 g/mol. The highest BCUT2D eigenvalue weighted by atomic mass is 79.9. The SMILES string of the molecule is O=CNC(Cc1ccccc1)C(=O)N1CCC(O)(c2ccc(Br)cc2)CC1. The molecule has 1 fully saturated rings. The Hall–Kier alpha value is -2.18. The van der Waals surface area contributed by atoms with E-state index in [1.165, 1.54) is 0 Å². The first kappa shape index (κ1) is 19.6. The zero-order valence-electron chi connectivity index (χ0n) is 15.0. The van der Waals surface area contributed by atoms with Crippen molar-refractivity contribution in [2.24, 2.45) is 0 Å². The van der Waals surface area contributed by atoms with Gasteiger partial charge in [0.2, 0.25) is 12.3 Å². The second-order valence-electron chi connectivity index (χ2n) is 6.89. The van der Waals surface area contributed by atoms with Crippen LogP contribution in [0.25, 0.3) is 0 Å². The standard InChI is InChI=1S/C21H23BrN2O3/c22-18-8-6-17(7-9-18)21(27)10-12-24(13-11-21)20(26)19(23-15-25)14-16-4-2-1-3-5-16/h1-9,15,19,27H,10-14H2,(H,23,25). The molecule has 0 spiro atoms. The van der Waals surface area contributed by atoms with Crippen LogP contribution < -0.4 is 5.32 Å². The largest absolute Gasteiger partial charge is 0.385 e. The van der Waals surface area contributed by atoms with Crippen molar-refractivity contribution in [3.8, 4) is 0 Å². The van der Waals surface area contributed by atoms with E-state index in [1.54, 1.807) is 4.90 Å². The molecule has 2 N–H and O–H groups in total. The lowest BCUT2D eigenvalue weighted by molar-refractivity contribution is -0.139. The fraction of sp³-hybridized carbons (Fsp3) is 0.333. The number of hydrogen-bond donors (Lipinski definition) is 2. The predicted molar refractivity (Wildman–Crippen MR) is 107 cm³/mol. The molecule has 3 rings (SSSR count). The number of piperidine rings is 1. The number of rotatable bonds is 6. The van der Waals surface area contributed by atoms with Gasteiger partial charge in [-0.15, -0.1) is 0 Å². The second kappa shape index (κ2) is 8.67. The number of aliphatic hydroxyl groups is 1. The maximum atomic E-state index is 12.9. The number of nitrogens with one attached hydrogen (secondary N) is 1. The Balaban J connectivity index is 1.65. The van der Waals surface area contributed by atoms with Gasteiger partial charge in [0, 0.05) is 24.0 Å². The van der Waals surface area contributed by atoms with Crippen LogP contribution in [0.5, 0.6) is 0 Å². The lowest BCUT2D eigenvalue weighted by Crippen LogP contribution is -2.52. The predicted octanol–water partition coefficient (Wildman–Crippen LogP) is 2.62. The van der Waals surface area contributed by atoms with Gasteiger partial charge in [0.25, 0.3) is 0 Å². The highest BCUT2D eigenvalue weighted by Crippen LogP contribution is 2.33. The number of hydrogen-bond acceptors (Lipinski definition) is 3. The van der Waals surface area contributed by atoms with Crippen LogP contribution in [0.2, 0.25) is 0 Å². The van der Waals surface area contributed by atoms with Gasteiger partial charge < -0.3 is 15.3 Å². The summed E-state index contributed by atoms with van der Waals surface area (Å²) in [7, 11) is 0. The summed E-state index contributed by atoms with van der Waals surface area (Å²) in [6, 6.07) is 16.7. The zero-order valence-corrected chi connectivity index (χ0v) is 16.6. The number of benzene rings is 2. The number of likely N-dealkylation sites (tertiary alicyclic amines) is 1. The fourth-order valence-corrected chi connectivity index (χ4v) is 3.78. The van der Waals surface area contributed by atoms with Crippen molar-refractivity contribution in [2.45, 2.75) is 30.9 Å². The van der Waals surface area contributed by atoms with Crippen molar-refractivity contribution in [3.63, 3.8) is 0 Å². The van der Waals surface area contributed by atoms with Crippen LogP contribution in [-0.2, 0) is 21.6 Å². The molecule has 0 saturated carbocycles. The third-order valence-electron chi connectivity index (χ3n) is 5.13. The third kappa shape index (κ3) is 4.76. The summed E-state index contributed by atoms with van der Waals surface area (Å²) in [5.74, 6) is -0.108. The van der Waals surface area contributed by atoms with Gasteiger partial charge in [0.1, 0.15) is 6.04 Å². The summed E-state index contributed by atoms with van der Waals surface area (Å²) < 4.78 is 0.964. The molecular formula is C21H23BrN2O3. The van der Waals surface area contributed by atoms with E-state index in [0.717, 1.165) is 15.6 Å². The zero-order chi connectivity index (χ0) is 19.3. The lowest BCUT2D eigenvalue weighted by Gasteiger charge is -2.39. The molecule has 2 aromatic rings. The molecule has 2 amide bonds. The van der Waals surface area contributed by atoms with Gasteiger partial charge in [0.15, 0.2) is 0 Å². The Morgan fingerprint density at radius 2 is 1.78 bits per heavy atom. The summed E-state index contributed by atoms with van der Waals surface area (Å²) >= 11 is 3.40. The monoisotopic (exact) mass is 430 g/mol. The smallest absolute Gasteiger partial charge is 0.245 e. The van der Waals surface area contributed by atoms with E-state index in [4.69, 9.17) is 0 Å². The van der Waals surface area contributed by atoms with E-state index >= 15 is 0 Å². The van der Waals surface area contributed by atoms with Crippen molar-refractivity contribution in [2.75, 3.05) is 13.1 Å². The minimum absolute atomic E-state index is 0.108. The van der Waals surface area contributed by atoms with Crippen LogP contribution in [-0.4, -0.2) is 41.5 Å². The van der Waals surface area contributed by atoms with E-state index in [2.05, 4.69) is 21.2 Å². The molecule has 1 atom stereocenters. The molecule has 142 valence electrons. The molecule has 0 aliphatic carbocycles. The third-order valence-corrected chi connectivity index (χ3v) is 5.66.